The van der Waals surface area contributed by atoms with Crippen LogP contribution in [0.3, 0.4) is 0 Å². The van der Waals surface area contributed by atoms with Crippen LogP contribution in [0.25, 0.3) is 11.4 Å². The van der Waals surface area contributed by atoms with Gasteiger partial charge in [0.1, 0.15) is 5.82 Å². The Kier molecular flexibility index (Phi) is 2.80. The molecule has 0 radical (unpaired) electrons. The molecule has 0 aliphatic carbocycles. The maximum Gasteiger partial charge on any atom is 0.137 e. The Morgan fingerprint density at radius 3 is 2.93 bits per heavy atom. The van der Waals surface area contributed by atoms with Crippen LogP contribution in [0.4, 0.5) is 0 Å². The van der Waals surface area contributed by atoms with Crippen LogP contribution in [0.5, 0.6) is 0 Å². The van der Waals surface area contributed by atoms with E-state index in [2.05, 4.69) is 16.0 Å². The first-order chi connectivity index (χ1) is 7.42. The molecule has 74 valence electrons. The molecule has 0 aliphatic heterocycles. The summed E-state index contributed by atoms with van der Waals surface area (Å²) in [6.07, 6.45) is 4.85. The maximum atomic E-state index is 8.58. The van der Waals surface area contributed by atoms with Crippen molar-refractivity contribution in [3.8, 4) is 17.5 Å². The van der Waals surface area contributed by atoms with Crippen LogP contribution in [-0.2, 0) is 6.42 Å². The van der Waals surface area contributed by atoms with Crippen LogP contribution < -0.4 is 0 Å². The zero-order valence-electron chi connectivity index (χ0n) is 8.27. The van der Waals surface area contributed by atoms with Crippen LogP contribution in [0, 0.1) is 11.3 Å². The van der Waals surface area contributed by atoms with Crippen molar-refractivity contribution < 1.29 is 0 Å². The lowest BCUT2D eigenvalue weighted by molar-refractivity contribution is 1.01. The highest BCUT2D eigenvalue weighted by Gasteiger charge is 2.05. The molecule has 0 amide bonds. The highest BCUT2D eigenvalue weighted by molar-refractivity contribution is 5.60. The van der Waals surface area contributed by atoms with Gasteiger partial charge in [0.2, 0.25) is 0 Å². The van der Waals surface area contributed by atoms with Crippen molar-refractivity contribution in [3.05, 3.63) is 42.2 Å². The summed E-state index contributed by atoms with van der Waals surface area (Å²) in [5.41, 5.74) is 2.24. The van der Waals surface area contributed by atoms with Crippen LogP contribution in [0.1, 0.15) is 12.0 Å². The van der Waals surface area contributed by atoms with E-state index in [0.717, 1.165) is 23.4 Å². The minimum Gasteiger partial charge on any atom is -0.345 e. The van der Waals surface area contributed by atoms with Crippen molar-refractivity contribution in [2.75, 3.05) is 0 Å². The summed E-state index contributed by atoms with van der Waals surface area (Å²) in [6, 6.07) is 10.2. The van der Waals surface area contributed by atoms with Gasteiger partial charge in [-0.2, -0.15) is 5.26 Å². The maximum absolute atomic E-state index is 8.58. The molecule has 3 nitrogen and oxygen atoms in total. The Labute approximate surface area is 88.4 Å². The lowest BCUT2D eigenvalue weighted by Crippen LogP contribution is -1.90. The van der Waals surface area contributed by atoms with E-state index in [-0.39, 0.29) is 0 Å². The van der Waals surface area contributed by atoms with Crippen LogP contribution >= 0.6 is 0 Å². The molecule has 0 saturated carbocycles. The zero-order valence-corrected chi connectivity index (χ0v) is 8.27. The number of rotatable bonds is 3. The third kappa shape index (κ3) is 2.05. The minimum atomic E-state index is 0.539. The number of imidazole rings is 1. The van der Waals surface area contributed by atoms with Crippen LogP contribution in [-0.4, -0.2) is 9.97 Å². The molecule has 3 heteroatoms. The Morgan fingerprint density at radius 2 is 2.20 bits per heavy atom. The van der Waals surface area contributed by atoms with E-state index >= 15 is 0 Å². The molecule has 2 aromatic rings. The molecule has 0 fully saturated rings. The van der Waals surface area contributed by atoms with E-state index in [1.165, 1.54) is 0 Å². The van der Waals surface area contributed by atoms with Gasteiger partial charge in [-0.3, -0.25) is 0 Å². The summed E-state index contributed by atoms with van der Waals surface area (Å²) in [6.45, 7) is 0. The second-order valence-electron chi connectivity index (χ2n) is 3.25. The molecule has 1 N–H and O–H groups in total. The second-order valence-corrected chi connectivity index (χ2v) is 3.25. The van der Waals surface area contributed by atoms with Gasteiger partial charge in [0.15, 0.2) is 0 Å². The van der Waals surface area contributed by atoms with Gasteiger partial charge in [0.05, 0.1) is 6.07 Å². The van der Waals surface area contributed by atoms with Gasteiger partial charge < -0.3 is 4.98 Å². The molecular formula is C12H11N3. The van der Waals surface area contributed by atoms with Gasteiger partial charge in [-0.25, -0.2) is 4.98 Å². The molecule has 1 aromatic heterocycles. The topological polar surface area (TPSA) is 52.5 Å². The van der Waals surface area contributed by atoms with E-state index in [9.17, 15) is 0 Å². The molecule has 0 unspecified atom stereocenters. The van der Waals surface area contributed by atoms with E-state index in [4.69, 9.17) is 5.26 Å². The number of hydrogen-bond donors (Lipinski definition) is 1. The normalized spacial score (nSPS) is 9.80. The first kappa shape index (κ1) is 9.47. The summed E-state index contributed by atoms with van der Waals surface area (Å²) in [5, 5.41) is 8.58. The first-order valence-corrected chi connectivity index (χ1v) is 4.86. The number of nitriles is 1. The van der Waals surface area contributed by atoms with Crippen molar-refractivity contribution in [1.82, 2.24) is 9.97 Å². The van der Waals surface area contributed by atoms with Crippen molar-refractivity contribution in [2.45, 2.75) is 12.8 Å². The van der Waals surface area contributed by atoms with E-state index in [0.29, 0.717) is 6.42 Å². The van der Waals surface area contributed by atoms with Crippen molar-refractivity contribution >= 4 is 0 Å². The number of hydrogen-bond acceptors (Lipinski definition) is 2. The summed E-state index contributed by atoms with van der Waals surface area (Å²) < 4.78 is 0. The van der Waals surface area contributed by atoms with Gasteiger partial charge in [-0.15, -0.1) is 0 Å². The molecule has 0 aliphatic rings. The quantitative estimate of drug-likeness (QED) is 0.822. The lowest BCUT2D eigenvalue weighted by Gasteiger charge is -2.04. The number of H-pyrrole nitrogens is 1. The number of aromatic nitrogens is 2. The standard InChI is InChI=1S/C12H11N3/c13-7-3-5-10-4-1-2-6-11(10)12-14-8-9-15-12/h1-2,4,6,8-9H,3,5H2,(H,14,15). The average Bonchev–Trinajstić information content (AvgIpc) is 2.80. The lowest BCUT2D eigenvalue weighted by atomic mass is 10.0. The highest BCUT2D eigenvalue weighted by Crippen LogP contribution is 2.20. The molecule has 0 atom stereocenters. The number of benzene rings is 1. The highest BCUT2D eigenvalue weighted by atomic mass is 14.9. The predicted octanol–water partition coefficient (Wildman–Crippen LogP) is 2.53. The van der Waals surface area contributed by atoms with Crippen molar-refractivity contribution in [1.29, 1.82) is 5.26 Å². The molecule has 1 heterocycles. The van der Waals surface area contributed by atoms with Crippen LogP contribution in [0.15, 0.2) is 36.7 Å². The van der Waals surface area contributed by atoms with E-state index < -0.39 is 0 Å². The smallest absolute Gasteiger partial charge is 0.137 e. The van der Waals surface area contributed by atoms with Gasteiger partial charge in [0, 0.05) is 24.4 Å². The second kappa shape index (κ2) is 4.43. The van der Waals surface area contributed by atoms with Gasteiger partial charge in [0.25, 0.3) is 0 Å². The molecule has 2 rings (SSSR count). The monoisotopic (exact) mass is 197 g/mol. The molecule has 1 aromatic carbocycles. The Morgan fingerprint density at radius 1 is 1.33 bits per heavy atom. The summed E-state index contributed by atoms with van der Waals surface area (Å²) in [4.78, 5) is 7.29. The third-order valence-electron chi connectivity index (χ3n) is 2.28. The minimum absolute atomic E-state index is 0.539. The molecular weight excluding hydrogens is 186 g/mol. The number of nitrogens with one attached hydrogen (secondary N) is 1. The van der Waals surface area contributed by atoms with Gasteiger partial charge in [-0.1, -0.05) is 24.3 Å². The fourth-order valence-electron chi connectivity index (χ4n) is 1.57. The van der Waals surface area contributed by atoms with Crippen molar-refractivity contribution in [3.63, 3.8) is 0 Å². The van der Waals surface area contributed by atoms with Gasteiger partial charge >= 0.3 is 0 Å². The zero-order chi connectivity index (χ0) is 10.5. The summed E-state index contributed by atoms with van der Waals surface area (Å²) in [7, 11) is 0. The van der Waals surface area contributed by atoms with E-state index in [1.807, 2.05) is 24.3 Å². The Hall–Kier alpha value is -2.08. The number of nitrogens with zero attached hydrogens (tertiary/aromatic N) is 2. The third-order valence-corrected chi connectivity index (χ3v) is 2.28. The summed E-state index contributed by atoms with van der Waals surface area (Å²) in [5.74, 6) is 0.864. The number of aromatic amines is 1. The van der Waals surface area contributed by atoms with E-state index in [1.54, 1.807) is 12.4 Å². The van der Waals surface area contributed by atoms with Gasteiger partial charge in [-0.05, 0) is 12.0 Å². The first-order valence-electron chi connectivity index (χ1n) is 4.86. The predicted molar refractivity (Wildman–Crippen MR) is 58.0 cm³/mol. The van der Waals surface area contributed by atoms with Crippen molar-refractivity contribution in [2.24, 2.45) is 0 Å². The Bertz CT molecular complexity index is 466. The SMILES string of the molecule is N#CCCc1ccccc1-c1ncc[nH]1. The molecule has 0 bridgehead atoms. The molecule has 15 heavy (non-hydrogen) atoms. The van der Waals surface area contributed by atoms with Crippen LogP contribution in [0.2, 0.25) is 0 Å². The fraction of sp³-hybridized carbons (Fsp3) is 0.167. The fourth-order valence-corrected chi connectivity index (χ4v) is 1.57. The molecule has 0 saturated heterocycles. The summed E-state index contributed by atoms with van der Waals surface area (Å²) >= 11 is 0. The molecule has 0 spiro atoms. The largest absolute Gasteiger partial charge is 0.345 e. The number of aryl methyl sites for hydroxylation is 1. The Balaban J connectivity index is 2.35. The average molecular weight is 197 g/mol.